The number of benzene rings is 1. The van der Waals surface area contributed by atoms with Crippen LogP contribution in [0.15, 0.2) is 35.4 Å². The minimum atomic E-state index is 0.0522. The Bertz CT molecular complexity index is 634. The highest BCUT2D eigenvalue weighted by atomic mass is 16.1. The van der Waals surface area contributed by atoms with Gasteiger partial charge < -0.3 is 5.73 Å². The van der Waals surface area contributed by atoms with Gasteiger partial charge in [-0.05, 0) is 30.9 Å². The maximum atomic E-state index is 12.3. The number of hydrogen-bond acceptors (Lipinski definition) is 3. The normalized spacial score (nSPS) is 24.1. The first-order chi connectivity index (χ1) is 8.72. The van der Waals surface area contributed by atoms with Crippen LogP contribution in [0.25, 0.3) is 10.9 Å². The molecule has 0 radical (unpaired) electrons. The van der Waals surface area contributed by atoms with E-state index in [1.165, 1.54) is 0 Å². The maximum Gasteiger partial charge on any atom is 0.261 e. The SMILES string of the molecule is CCC(N)C1CC1n1cnc2ccccc2c1=O. The van der Waals surface area contributed by atoms with Gasteiger partial charge in [0.15, 0.2) is 0 Å². The molecule has 4 heteroatoms. The van der Waals surface area contributed by atoms with E-state index < -0.39 is 0 Å². The van der Waals surface area contributed by atoms with Gasteiger partial charge >= 0.3 is 0 Å². The third-order valence-corrected chi connectivity index (χ3v) is 3.87. The molecule has 3 rings (SSSR count). The van der Waals surface area contributed by atoms with Crippen molar-refractivity contribution in [3.8, 4) is 0 Å². The Morgan fingerprint density at radius 1 is 1.50 bits per heavy atom. The van der Waals surface area contributed by atoms with Crippen LogP contribution in [0.4, 0.5) is 0 Å². The van der Waals surface area contributed by atoms with Gasteiger partial charge in [-0.1, -0.05) is 19.1 Å². The molecule has 18 heavy (non-hydrogen) atoms. The second-order valence-corrected chi connectivity index (χ2v) is 5.01. The molecule has 94 valence electrons. The topological polar surface area (TPSA) is 60.9 Å². The summed E-state index contributed by atoms with van der Waals surface area (Å²) in [6.45, 7) is 2.08. The molecule has 1 saturated carbocycles. The quantitative estimate of drug-likeness (QED) is 0.892. The minimum Gasteiger partial charge on any atom is -0.327 e. The second-order valence-electron chi connectivity index (χ2n) is 5.01. The summed E-state index contributed by atoms with van der Waals surface area (Å²) in [6.07, 6.45) is 3.61. The van der Waals surface area contributed by atoms with Crippen molar-refractivity contribution in [1.29, 1.82) is 0 Å². The summed E-state index contributed by atoms with van der Waals surface area (Å²) in [5, 5.41) is 0.690. The number of para-hydroxylation sites is 1. The number of hydrogen-bond donors (Lipinski definition) is 1. The van der Waals surface area contributed by atoms with Crippen LogP contribution in [0, 0.1) is 5.92 Å². The molecule has 0 aliphatic heterocycles. The first-order valence-electron chi connectivity index (χ1n) is 6.44. The molecule has 1 aromatic heterocycles. The highest BCUT2D eigenvalue weighted by molar-refractivity contribution is 5.76. The van der Waals surface area contributed by atoms with Gasteiger partial charge in [-0.3, -0.25) is 9.36 Å². The first-order valence-corrected chi connectivity index (χ1v) is 6.44. The van der Waals surface area contributed by atoms with Crippen LogP contribution >= 0.6 is 0 Å². The van der Waals surface area contributed by atoms with Gasteiger partial charge in [0.05, 0.1) is 17.2 Å². The van der Waals surface area contributed by atoms with E-state index in [4.69, 9.17) is 5.73 Å². The van der Waals surface area contributed by atoms with Crippen LogP contribution in [0.5, 0.6) is 0 Å². The van der Waals surface area contributed by atoms with E-state index in [9.17, 15) is 4.79 Å². The Morgan fingerprint density at radius 2 is 2.28 bits per heavy atom. The molecule has 1 fully saturated rings. The molecule has 1 heterocycles. The van der Waals surface area contributed by atoms with Gasteiger partial charge in [0.2, 0.25) is 0 Å². The predicted octanol–water partition coefficient (Wildman–Crippen LogP) is 1.69. The van der Waals surface area contributed by atoms with E-state index in [-0.39, 0.29) is 17.6 Å². The average molecular weight is 243 g/mol. The van der Waals surface area contributed by atoms with Crippen LogP contribution in [-0.4, -0.2) is 15.6 Å². The molecule has 3 unspecified atom stereocenters. The van der Waals surface area contributed by atoms with Gasteiger partial charge in [-0.2, -0.15) is 0 Å². The summed E-state index contributed by atoms with van der Waals surface area (Å²) < 4.78 is 1.75. The Kier molecular flexibility index (Phi) is 2.67. The fraction of sp³-hybridized carbons (Fsp3) is 0.429. The first kappa shape index (κ1) is 11.4. The number of nitrogens with zero attached hydrogens (tertiary/aromatic N) is 2. The number of nitrogens with two attached hydrogens (primary N) is 1. The van der Waals surface area contributed by atoms with Crippen LogP contribution < -0.4 is 11.3 Å². The zero-order chi connectivity index (χ0) is 12.7. The van der Waals surface area contributed by atoms with Gasteiger partial charge in [-0.25, -0.2) is 4.98 Å². The summed E-state index contributed by atoms with van der Waals surface area (Å²) in [7, 11) is 0. The van der Waals surface area contributed by atoms with E-state index >= 15 is 0 Å². The van der Waals surface area contributed by atoms with Crippen LogP contribution in [0.3, 0.4) is 0 Å². The Labute approximate surface area is 105 Å². The molecular formula is C14H17N3O. The van der Waals surface area contributed by atoms with E-state index in [0.29, 0.717) is 11.3 Å². The summed E-state index contributed by atoms with van der Waals surface area (Å²) in [6, 6.07) is 7.89. The largest absolute Gasteiger partial charge is 0.327 e. The lowest BCUT2D eigenvalue weighted by atomic mass is 10.1. The van der Waals surface area contributed by atoms with Gasteiger partial charge in [0.25, 0.3) is 5.56 Å². The molecular weight excluding hydrogens is 226 g/mol. The Morgan fingerprint density at radius 3 is 3.06 bits per heavy atom. The smallest absolute Gasteiger partial charge is 0.261 e. The molecule has 1 aliphatic rings. The number of fused-ring (bicyclic) bond motifs is 1. The lowest BCUT2D eigenvalue weighted by molar-refractivity contribution is 0.518. The third-order valence-electron chi connectivity index (χ3n) is 3.87. The van der Waals surface area contributed by atoms with Crippen molar-refractivity contribution < 1.29 is 0 Å². The molecule has 2 N–H and O–H groups in total. The molecule has 1 aliphatic carbocycles. The van der Waals surface area contributed by atoms with Gasteiger partial charge in [0, 0.05) is 12.1 Å². The molecule has 4 nitrogen and oxygen atoms in total. The van der Waals surface area contributed by atoms with E-state index in [1.54, 1.807) is 10.9 Å². The molecule has 0 amide bonds. The monoisotopic (exact) mass is 243 g/mol. The molecule has 1 aromatic carbocycles. The highest BCUT2D eigenvalue weighted by Crippen LogP contribution is 2.44. The van der Waals surface area contributed by atoms with Crippen LogP contribution in [0.2, 0.25) is 0 Å². The van der Waals surface area contributed by atoms with Gasteiger partial charge in [-0.15, -0.1) is 0 Å². The van der Waals surface area contributed by atoms with Crippen molar-refractivity contribution in [3.63, 3.8) is 0 Å². The maximum absolute atomic E-state index is 12.3. The zero-order valence-corrected chi connectivity index (χ0v) is 10.4. The molecule has 0 bridgehead atoms. The summed E-state index contributed by atoms with van der Waals surface area (Å²) >= 11 is 0. The summed E-state index contributed by atoms with van der Waals surface area (Å²) in [5.74, 6) is 0.427. The Hall–Kier alpha value is -1.68. The molecule has 0 spiro atoms. The lowest BCUT2D eigenvalue weighted by Gasteiger charge is -2.09. The molecule has 3 atom stereocenters. The van der Waals surface area contributed by atoms with E-state index in [1.807, 2.05) is 24.3 Å². The van der Waals surface area contributed by atoms with Crippen molar-refractivity contribution in [3.05, 3.63) is 40.9 Å². The Balaban J connectivity index is 2.00. The molecule has 2 aromatic rings. The fourth-order valence-corrected chi connectivity index (χ4v) is 2.60. The summed E-state index contributed by atoms with van der Waals surface area (Å²) in [4.78, 5) is 16.7. The van der Waals surface area contributed by atoms with Crippen LogP contribution in [0.1, 0.15) is 25.8 Å². The minimum absolute atomic E-state index is 0.0522. The van der Waals surface area contributed by atoms with Gasteiger partial charge in [0.1, 0.15) is 0 Å². The second kappa shape index (κ2) is 4.21. The van der Waals surface area contributed by atoms with Crippen molar-refractivity contribution in [2.24, 2.45) is 11.7 Å². The van der Waals surface area contributed by atoms with Crippen molar-refractivity contribution >= 4 is 10.9 Å². The molecule has 0 saturated heterocycles. The van der Waals surface area contributed by atoms with E-state index in [2.05, 4.69) is 11.9 Å². The van der Waals surface area contributed by atoms with Crippen molar-refractivity contribution in [2.45, 2.75) is 31.8 Å². The van der Waals surface area contributed by atoms with Crippen LogP contribution in [-0.2, 0) is 0 Å². The number of aromatic nitrogens is 2. The summed E-state index contributed by atoms with van der Waals surface area (Å²) in [5.41, 5.74) is 6.85. The third kappa shape index (κ3) is 1.73. The standard InChI is InChI=1S/C14H17N3O/c1-2-11(15)10-7-13(10)17-8-16-12-6-4-3-5-9(12)14(17)18/h3-6,8,10-11,13H,2,7,15H2,1H3. The lowest BCUT2D eigenvalue weighted by Crippen LogP contribution is -2.26. The number of rotatable bonds is 3. The fourth-order valence-electron chi connectivity index (χ4n) is 2.60. The zero-order valence-electron chi connectivity index (χ0n) is 10.4. The van der Waals surface area contributed by atoms with Crippen molar-refractivity contribution in [1.82, 2.24) is 9.55 Å². The highest BCUT2D eigenvalue weighted by Gasteiger charge is 2.42. The average Bonchev–Trinajstić information content (AvgIpc) is 3.19. The predicted molar refractivity (Wildman–Crippen MR) is 71.4 cm³/mol. The van der Waals surface area contributed by atoms with Crippen molar-refractivity contribution in [2.75, 3.05) is 0 Å². The van der Waals surface area contributed by atoms with E-state index in [0.717, 1.165) is 18.4 Å².